The first-order valence-electron chi connectivity index (χ1n) is 13.5. The number of pyridine rings is 2. The van der Waals surface area contributed by atoms with Gasteiger partial charge in [0.25, 0.3) is 0 Å². The number of nitrogens with two attached hydrogens (primary N) is 1. The van der Waals surface area contributed by atoms with Crippen molar-refractivity contribution in [2.45, 2.75) is 57.6 Å². The predicted octanol–water partition coefficient (Wildman–Crippen LogP) is 5.78. The number of hydrogen-bond acceptors (Lipinski definition) is 7. The van der Waals surface area contributed by atoms with Gasteiger partial charge in [0.05, 0.1) is 22.8 Å². The second-order valence-corrected chi connectivity index (χ2v) is 10.6. The summed E-state index contributed by atoms with van der Waals surface area (Å²) in [5.41, 5.74) is 11.3. The van der Waals surface area contributed by atoms with Gasteiger partial charge in [-0.25, -0.2) is 15.0 Å². The van der Waals surface area contributed by atoms with Gasteiger partial charge in [-0.1, -0.05) is 12.8 Å². The molecule has 1 aliphatic heterocycles. The van der Waals surface area contributed by atoms with Crippen LogP contribution >= 0.6 is 0 Å². The molecule has 2 fully saturated rings. The van der Waals surface area contributed by atoms with E-state index in [9.17, 15) is 0 Å². The first-order valence-corrected chi connectivity index (χ1v) is 13.5. The van der Waals surface area contributed by atoms with E-state index in [0.717, 1.165) is 51.3 Å². The average molecular weight is 506 g/mol. The van der Waals surface area contributed by atoms with Crippen LogP contribution in [-0.2, 0) is 6.61 Å². The number of nitrogens with zero attached hydrogens (tertiary/aromatic N) is 6. The van der Waals surface area contributed by atoms with Crippen molar-refractivity contribution in [2.24, 2.45) is 0 Å². The lowest BCUT2D eigenvalue weighted by Gasteiger charge is -2.39. The Balaban J connectivity index is 1.15. The SMILES string of the molecule is C[C@@H]1CCN1c1ccc2ccc(OCc3cncc(-n4cc(C5CCCC5)c5c(N)ncnc54)c3)cc2n1. The highest BCUT2D eigenvalue weighted by atomic mass is 16.5. The molecule has 1 aliphatic carbocycles. The van der Waals surface area contributed by atoms with Gasteiger partial charge in [0.1, 0.15) is 36.0 Å². The Morgan fingerprint density at radius 1 is 1.03 bits per heavy atom. The summed E-state index contributed by atoms with van der Waals surface area (Å²) in [7, 11) is 0. The van der Waals surface area contributed by atoms with E-state index in [2.05, 4.69) is 61.8 Å². The zero-order chi connectivity index (χ0) is 25.6. The molecule has 1 aromatic carbocycles. The molecule has 0 unspecified atom stereocenters. The molecular formula is C30H31N7O. The second-order valence-electron chi connectivity index (χ2n) is 10.6. The Morgan fingerprint density at radius 2 is 1.89 bits per heavy atom. The number of benzene rings is 1. The molecule has 7 rings (SSSR count). The summed E-state index contributed by atoms with van der Waals surface area (Å²) < 4.78 is 8.29. The van der Waals surface area contributed by atoms with Crippen molar-refractivity contribution < 1.29 is 4.74 Å². The van der Waals surface area contributed by atoms with E-state index < -0.39 is 0 Å². The summed E-state index contributed by atoms with van der Waals surface area (Å²) in [5.74, 6) is 2.86. The maximum atomic E-state index is 6.33. The summed E-state index contributed by atoms with van der Waals surface area (Å²) in [4.78, 5) is 20.6. The molecule has 4 aromatic heterocycles. The number of ether oxygens (including phenoxy) is 1. The fourth-order valence-corrected chi connectivity index (χ4v) is 5.90. The van der Waals surface area contributed by atoms with E-state index >= 15 is 0 Å². The Labute approximate surface area is 221 Å². The van der Waals surface area contributed by atoms with Crippen molar-refractivity contribution in [2.75, 3.05) is 17.2 Å². The fourth-order valence-electron chi connectivity index (χ4n) is 5.90. The number of aromatic nitrogens is 5. The lowest BCUT2D eigenvalue weighted by molar-refractivity contribution is 0.306. The highest BCUT2D eigenvalue weighted by Gasteiger charge is 2.25. The molecule has 8 heteroatoms. The van der Waals surface area contributed by atoms with Crippen LogP contribution in [0.2, 0.25) is 0 Å². The predicted molar refractivity (Wildman–Crippen MR) is 150 cm³/mol. The molecule has 1 atom stereocenters. The van der Waals surface area contributed by atoms with Crippen LogP contribution in [0.4, 0.5) is 11.6 Å². The lowest BCUT2D eigenvalue weighted by atomic mass is 9.98. The molecule has 2 N–H and O–H groups in total. The van der Waals surface area contributed by atoms with Gasteiger partial charge in [-0.3, -0.25) is 9.55 Å². The van der Waals surface area contributed by atoms with Gasteiger partial charge in [-0.2, -0.15) is 0 Å². The molecule has 8 nitrogen and oxygen atoms in total. The van der Waals surface area contributed by atoms with Crippen molar-refractivity contribution in [1.82, 2.24) is 24.5 Å². The number of nitrogen functional groups attached to an aromatic ring is 1. The van der Waals surface area contributed by atoms with Gasteiger partial charge in [-0.05, 0) is 68.0 Å². The summed E-state index contributed by atoms with van der Waals surface area (Å²) >= 11 is 0. The van der Waals surface area contributed by atoms with E-state index in [0.29, 0.717) is 24.4 Å². The molecule has 192 valence electrons. The van der Waals surface area contributed by atoms with Gasteiger partial charge >= 0.3 is 0 Å². The Bertz CT molecular complexity index is 1640. The maximum absolute atomic E-state index is 6.33. The van der Waals surface area contributed by atoms with Crippen molar-refractivity contribution >= 4 is 33.6 Å². The fraction of sp³-hybridized carbons (Fsp3) is 0.333. The first kappa shape index (κ1) is 23.0. The number of hydrogen-bond donors (Lipinski definition) is 1. The Hall–Kier alpha value is -4.20. The van der Waals surface area contributed by atoms with Crippen molar-refractivity contribution in [3.05, 3.63) is 72.4 Å². The maximum Gasteiger partial charge on any atom is 0.150 e. The van der Waals surface area contributed by atoms with Crippen LogP contribution in [0.1, 0.15) is 56.1 Å². The van der Waals surface area contributed by atoms with Gasteiger partial charge in [0, 0.05) is 42.0 Å². The van der Waals surface area contributed by atoms with Crippen LogP contribution in [0.15, 0.2) is 61.3 Å². The molecule has 1 saturated heterocycles. The summed E-state index contributed by atoms with van der Waals surface area (Å²) in [5, 5.41) is 2.08. The number of rotatable bonds is 6. The van der Waals surface area contributed by atoms with E-state index in [1.165, 1.54) is 44.0 Å². The topological polar surface area (TPSA) is 95.0 Å². The number of anilines is 2. The van der Waals surface area contributed by atoms with Crippen LogP contribution < -0.4 is 15.4 Å². The standard InChI is InChI=1S/C30H31N7O/c1-19-10-11-36(19)27-9-7-22-6-8-24(13-26(22)35-27)38-17-20-12-23(15-32-14-20)37-16-25(21-4-2-3-5-21)28-29(31)33-18-34-30(28)37/h6-9,12-16,18-19,21H,2-5,10-11,17H2,1H3,(H2,31,33,34)/t19-/m1/s1. The van der Waals surface area contributed by atoms with Crippen molar-refractivity contribution in [3.8, 4) is 11.4 Å². The minimum Gasteiger partial charge on any atom is -0.489 e. The first-order chi connectivity index (χ1) is 18.6. The second kappa shape index (κ2) is 9.28. The quantitative estimate of drug-likeness (QED) is 0.312. The largest absolute Gasteiger partial charge is 0.489 e. The Morgan fingerprint density at radius 3 is 2.71 bits per heavy atom. The third-order valence-electron chi connectivity index (χ3n) is 8.16. The summed E-state index contributed by atoms with van der Waals surface area (Å²) in [6, 6.07) is 13.0. The molecule has 5 aromatic rings. The van der Waals surface area contributed by atoms with Crippen LogP contribution in [0.25, 0.3) is 27.6 Å². The average Bonchev–Trinajstić information content (AvgIpc) is 3.60. The number of fused-ring (bicyclic) bond motifs is 2. The highest BCUT2D eigenvalue weighted by molar-refractivity contribution is 5.91. The summed E-state index contributed by atoms with van der Waals surface area (Å²) in [6.07, 6.45) is 13.5. The zero-order valence-corrected chi connectivity index (χ0v) is 21.5. The normalized spacial score (nSPS) is 17.8. The lowest BCUT2D eigenvalue weighted by Crippen LogP contribution is -2.46. The molecule has 1 saturated carbocycles. The monoisotopic (exact) mass is 505 g/mol. The van der Waals surface area contributed by atoms with Gasteiger partial charge in [0.2, 0.25) is 0 Å². The van der Waals surface area contributed by atoms with E-state index in [4.69, 9.17) is 15.5 Å². The molecule has 0 radical (unpaired) electrons. The van der Waals surface area contributed by atoms with Crippen LogP contribution in [0, 0.1) is 0 Å². The smallest absolute Gasteiger partial charge is 0.150 e. The van der Waals surface area contributed by atoms with Crippen LogP contribution in [0.5, 0.6) is 5.75 Å². The van der Waals surface area contributed by atoms with Crippen LogP contribution in [0.3, 0.4) is 0 Å². The van der Waals surface area contributed by atoms with E-state index in [-0.39, 0.29) is 0 Å². The molecule has 0 spiro atoms. The Kier molecular flexibility index (Phi) is 5.60. The van der Waals surface area contributed by atoms with Gasteiger partial charge in [-0.15, -0.1) is 0 Å². The molecule has 38 heavy (non-hydrogen) atoms. The summed E-state index contributed by atoms with van der Waals surface area (Å²) in [6.45, 7) is 3.71. The minimum absolute atomic E-state index is 0.404. The van der Waals surface area contributed by atoms with E-state index in [1.54, 1.807) is 0 Å². The molecular weight excluding hydrogens is 474 g/mol. The molecule has 5 heterocycles. The molecule has 0 bridgehead atoms. The highest BCUT2D eigenvalue weighted by Crippen LogP contribution is 2.40. The van der Waals surface area contributed by atoms with Gasteiger partial charge < -0.3 is 15.4 Å². The molecule has 0 amide bonds. The zero-order valence-electron chi connectivity index (χ0n) is 21.5. The van der Waals surface area contributed by atoms with Crippen molar-refractivity contribution in [1.29, 1.82) is 0 Å². The van der Waals surface area contributed by atoms with Crippen molar-refractivity contribution in [3.63, 3.8) is 0 Å². The third-order valence-corrected chi connectivity index (χ3v) is 8.16. The third kappa shape index (κ3) is 4.00. The van der Waals surface area contributed by atoms with Gasteiger partial charge in [0.15, 0.2) is 0 Å². The minimum atomic E-state index is 0.404. The van der Waals surface area contributed by atoms with Crippen LogP contribution in [-0.4, -0.2) is 37.1 Å². The molecule has 2 aliphatic rings. The van der Waals surface area contributed by atoms with E-state index in [1.807, 2.05) is 24.5 Å².